The van der Waals surface area contributed by atoms with Crippen molar-refractivity contribution in [1.82, 2.24) is 14.5 Å². The Morgan fingerprint density at radius 2 is 1.00 bits per heavy atom. The molecule has 4 aromatic carbocycles. The lowest BCUT2D eigenvalue weighted by atomic mass is 9.98. The molecular weight excluding hydrogens is 649 g/mol. The van der Waals surface area contributed by atoms with Gasteiger partial charge in [0.05, 0.1) is 0 Å². The Labute approximate surface area is 272 Å². The summed E-state index contributed by atoms with van der Waals surface area (Å²) in [6.07, 6.45) is 4.03. The number of halogens is 1. The molecule has 4 heteroatoms. The van der Waals surface area contributed by atoms with Crippen molar-refractivity contribution in [2.45, 2.75) is 39.0 Å². The molecule has 0 aliphatic carbocycles. The summed E-state index contributed by atoms with van der Waals surface area (Å²) in [6, 6.07) is 33.4. The highest BCUT2D eigenvalue weighted by molar-refractivity contribution is 14.1. The molecule has 0 atom stereocenters. The first kappa shape index (κ1) is 28.5. The van der Waals surface area contributed by atoms with E-state index in [9.17, 15) is 0 Å². The Morgan fingerprint density at radius 1 is 0.523 bits per heavy atom. The molecule has 0 bridgehead atoms. The van der Waals surface area contributed by atoms with Crippen molar-refractivity contribution in [3.05, 3.63) is 137 Å². The highest BCUT2D eigenvalue weighted by atomic mass is 127. The molecule has 3 heterocycles. The van der Waals surface area contributed by atoms with Gasteiger partial charge in [-0.05, 0) is 97.8 Å². The van der Waals surface area contributed by atoms with Crippen LogP contribution in [0.2, 0.25) is 0 Å². The predicted octanol–water partition coefficient (Wildman–Crippen LogP) is 11.1. The molecule has 3 aromatic heterocycles. The van der Waals surface area contributed by atoms with E-state index in [0.29, 0.717) is 0 Å². The zero-order chi connectivity index (χ0) is 30.5. The van der Waals surface area contributed by atoms with Gasteiger partial charge in [0, 0.05) is 44.4 Å². The molecule has 0 aliphatic heterocycles. The van der Waals surface area contributed by atoms with E-state index in [4.69, 9.17) is 9.97 Å². The number of hydrogen-bond donors (Lipinski definition) is 0. The van der Waals surface area contributed by atoms with Crippen molar-refractivity contribution < 1.29 is 0 Å². The third-order valence-corrected chi connectivity index (χ3v) is 9.50. The van der Waals surface area contributed by atoms with Gasteiger partial charge in [-0.15, -0.1) is 0 Å². The average Bonchev–Trinajstić information content (AvgIpc) is 3.34. The van der Waals surface area contributed by atoms with Gasteiger partial charge >= 0.3 is 0 Å². The van der Waals surface area contributed by atoms with E-state index in [0.717, 1.165) is 43.3 Å². The largest absolute Gasteiger partial charge is 0.278 e. The van der Waals surface area contributed by atoms with E-state index in [1.54, 1.807) is 0 Å². The summed E-state index contributed by atoms with van der Waals surface area (Å²) in [7, 11) is 0. The number of hydrogen-bond acceptors (Lipinski definition) is 2. The van der Waals surface area contributed by atoms with Gasteiger partial charge < -0.3 is 0 Å². The van der Waals surface area contributed by atoms with Gasteiger partial charge in [0.2, 0.25) is 0 Å². The summed E-state index contributed by atoms with van der Waals surface area (Å²) < 4.78 is 3.15. The van der Waals surface area contributed by atoms with Crippen LogP contribution in [0.1, 0.15) is 33.4 Å². The van der Waals surface area contributed by atoms with Crippen LogP contribution in [0.5, 0.6) is 0 Å². The first-order chi connectivity index (χ1) is 21.3. The molecule has 216 valence electrons. The Morgan fingerprint density at radius 3 is 1.52 bits per heavy atom. The predicted molar refractivity (Wildman–Crippen MR) is 194 cm³/mol. The van der Waals surface area contributed by atoms with Crippen LogP contribution in [-0.2, 0) is 4.43 Å². The number of pyridine rings is 2. The summed E-state index contributed by atoms with van der Waals surface area (Å²) >= 11 is 2.46. The Hall–Kier alpha value is -4.29. The van der Waals surface area contributed by atoms with Crippen LogP contribution in [0.4, 0.5) is 0 Å². The SMILES string of the molecule is Cc1ccc(-c2ccc(-n3c4ncc(-c5ccc(C)cc5C)cc4c4cc(-c5ccc(C)cc5CI)cnc43)cc2)c(C)c1. The number of fused-ring (bicyclic) bond motifs is 3. The smallest absolute Gasteiger partial charge is 0.146 e. The molecule has 0 spiro atoms. The molecule has 44 heavy (non-hydrogen) atoms. The fourth-order valence-electron chi connectivity index (χ4n) is 6.49. The normalized spacial score (nSPS) is 11.5. The lowest BCUT2D eigenvalue weighted by Gasteiger charge is -2.11. The summed E-state index contributed by atoms with van der Waals surface area (Å²) in [5, 5.41) is 2.21. The molecule has 0 fully saturated rings. The highest BCUT2D eigenvalue weighted by Gasteiger charge is 2.18. The molecule has 0 aliphatic rings. The first-order valence-corrected chi connectivity index (χ1v) is 16.5. The Bertz CT molecular complexity index is 2210. The monoisotopic (exact) mass is 683 g/mol. The molecule has 3 nitrogen and oxygen atoms in total. The van der Waals surface area contributed by atoms with Crippen LogP contribution in [0.3, 0.4) is 0 Å². The zero-order valence-electron chi connectivity index (χ0n) is 25.7. The topological polar surface area (TPSA) is 30.7 Å². The van der Waals surface area contributed by atoms with E-state index < -0.39 is 0 Å². The first-order valence-electron chi connectivity index (χ1n) is 15.0. The second kappa shape index (κ2) is 11.3. The van der Waals surface area contributed by atoms with Crippen LogP contribution in [0.15, 0.2) is 103 Å². The number of aromatic nitrogens is 3. The quantitative estimate of drug-likeness (QED) is 0.134. The lowest BCUT2D eigenvalue weighted by Crippen LogP contribution is -1.97. The van der Waals surface area contributed by atoms with Crippen molar-refractivity contribution in [3.8, 4) is 39.1 Å². The van der Waals surface area contributed by atoms with Gasteiger partial charge in [-0.25, -0.2) is 9.97 Å². The van der Waals surface area contributed by atoms with Crippen LogP contribution < -0.4 is 0 Å². The molecule has 0 saturated carbocycles. The van der Waals surface area contributed by atoms with Crippen molar-refractivity contribution in [2.75, 3.05) is 0 Å². The van der Waals surface area contributed by atoms with Crippen molar-refractivity contribution in [1.29, 1.82) is 0 Å². The average molecular weight is 684 g/mol. The summed E-state index contributed by atoms with van der Waals surface area (Å²) in [6.45, 7) is 10.8. The van der Waals surface area contributed by atoms with E-state index in [2.05, 4.69) is 153 Å². The van der Waals surface area contributed by atoms with Crippen LogP contribution in [0.25, 0.3) is 61.1 Å². The van der Waals surface area contributed by atoms with Crippen LogP contribution in [-0.4, -0.2) is 14.5 Å². The number of rotatable bonds is 5. The molecule has 0 amide bonds. The van der Waals surface area contributed by atoms with Crippen LogP contribution >= 0.6 is 22.6 Å². The minimum Gasteiger partial charge on any atom is -0.278 e. The van der Waals surface area contributed by atoms with Crippen molar-refractivity contribution in [3.63, 3.8) is 0 Å². The number of alkyl halides is 1. The maximum atomic E-state index is 5.13. The van der Waals surface area contributed by atoms with E-state index >= 15 is 0 Å². The maximum Gasteiger partial charge on any atom is 0.146 e. The number of nitrogens with zero attached hydrogens (tertiary/aromatic N) is 3. The van der Waals surface area contributed by atoms with Gasteiger partial charge in [-0.1, -0.05) is 106 Å². The molecule has 7 aromatic rings. The molecule has 7 rings (SSSR count). The minimum absolute atomic E-state index is 0.912. The third-order valence-electron chi connectivity index (χ3n) is 8.67. The standard InChI is InChI=1S/C40H34IN3/c1-24-6-13-34(27(4)16-24)29-9-11-33(12-10-29)44-39-37(19-31(22-42-39)35-14-7-25(2)17-28(35)5)38-20-32(23-43-40(38)44)36-15-8-26(3)18-30(36)21-41/h6-20,22-23H,21H2,1-5H3. The second-order valence-electron chi connectivity index (χ2n) is 12.0. The van der Waals surface area contributed by atoms with E-state index in [1.165, 1.54) is 55.6 Å². The molecule has 0 N–H and O–H groups in total. The third kappa shape index (κ3) is 5.01. The fourth-order valence-corrected chi connectivity index (χ4v) is 7.12. The minimum atomic E-state index is 0.912. The fraction of sp³-hybridized carbons (Fsp3) is 0.150. The number of benzene rings is 4. The summed E-state index contributed by atoms with van der Waals surface area (Å²) in [5.74, 6) is 0. The lowest BCUT2D eigenvalue weighted by molar-refractivity contribution is 1.10. The molecule has 0 unspecified atom stereocenters. The molecule has 0 radical (unpaired) electrons. The highest BCUT2D eigenvalue weighted by Crippen LogP contribution is 2.37. The van der Waals surface area contributed by atoms with E-state index in [1.807, 2.05) is 12.4 Å². The van der Waals surface area contributed by atoms with Crippen molar-refractivity contribution in [2.24, 2.45) is 0 Å². The zero-order valence-corrected chi connectivity index (χ0v) is 27.9. The van der Waals surface area contributed by atoms with Gasteiger partial charge in [-0.2, -0.15) is 0 Å². The van der Waals surface area contributed by atoms with Gasteiger partial charge in [0.15, 0.2) is 0 Å². The van der Waals surface area contributed by atoms with Gasteiger partial charge in [0.25, 0.3) is 0 Å². The van der Waals surface area contributed by atoms with E-state index in [-0.39, 0.29) is 0 Å². The van der Waals surface area contributed by atoms with Crippen molar-refractivity contribution >= 4 is 44.7 Å². The van der Waals surface area contributed by atoms with Gasteiger partial charge in [-0.3, -0.25) is 4.57 Å². The van der Waals surface area contributed by atoms with Crippen LogP contribution in [0, 0.1) is 34.6 Å². The Kier molecular flexibility index (Phi) is 7.33. The second-order valence-corrected chi connectivity index (χ2v) is 12.8. The molecular formula is C40H34IN3. The van der Waals surface area contributed by atoms with Gasteiger partial charge in [0.1, 0.15) is 11.3 Å². The summed E-state index contributed by atoms with van der Waals surface area (Å²) in [5.41, 5.74) is 17.7. The molecule has 0 saturated heterocycles. The number of aryl methyl sites for hydroxylation is 5. The Balaban J connectivity index is 1.45. The maximum absolute atomic E-state index is 5.13. The summed E-state index contributed by atoms with van der Waals surface area (Å²) in [4.78, 5) is 10.2.